The fraction of sp³-hybridized carbons (Fsp3) is 0. The minimum atomic E-state index is -0.447. The van der Waals surface area contributed by atoms with E-state index in [2.05, 4.69) is 0 Å². The molecule has 11 aromatic rings. The van der Waals surface area contributed by atoms with Crippen molar-refractivity contribution in [2.75, 3.05) is 0 Å². The van der Waals surface area contributed by atoms with E-state index in [9.17, 15) is 0 Å². The van der Waals surface area contributed by atoms with Gasteiger partial charge in [0.05, 0.1) is 17.9 Å². The Labute approximate surface area is 297 Å². The lowest BCUT2D eigenvalue weighted by Crippen LogP contribution is -2.00. The number of rotatable bonds is 4. The molecule has 51 heavy (non-hydrogen) atoms. The minimum Gasteiger partial charge on any atom is -0.456 e. The van der Waals surface area contributed by atoms with Crippen molar-refractivity contribution in [3.05, 3.63) is 158 Å². The predicted molar refractivity (Wildman–Crippen MR) is 205 cm³/mol. The van der Waals surface area contributed by atoms with Crippen LogP contribution in [0.25, 0.3) is 106 Å². The van der Waals surface area contributed by atoms with E-state index in [1.807, 2.05) is 127 Å². The van der Waals surface area contributed by atoms with Gasteiger partial charge in [-0.15, -0.1) is 0 Å². The zero-order chi connectivity index (χ0) is 37.8. The Kier molecular flexibility index (Phi) is 4.91. The molecule has 0 aliphatic carbocycles. The smallest absolute Gasteiger partial charge is 0.164 e. The Balaban J connectivity index is 1.16. The molecule has 0 unspecified atom stereocenters. The zero-order valence-corrected chi connectivity index (χ0v) is 26.7. The summed E-state index contributed by atoms with van der Waals surface area (Å²) < 4.78 is 57.1. The van der Waals surface area contributed by atoms with Gasteiger partial charge < -0.3 is 13.4 Å². The molecule has 6 nitrogen and oxygen atoms in total. The first kappa shape index (κ1) is 23.3. The van der Waals surface area contributed by atoms with Gasteiger partial charge in [-0.05, 0) is 60.6 Å². The maximum atomic E-state index is 8.87. The van der Waals surface area contributed by atoms with Crippen LogP contribution >= 0.6 is 0 Å². The summed E-state index contributed by atoms with van der Waals surface area (Å²) in [7, 11) is 0. The predicted octanol–water partition coefficient (Wildman–Crippen LogP) is 11.8. The number of furan rings is 2. The van der Waals surface area contributed by atoms with E-state index in [0.29, 0.717) is 45.2 Å². The van der Waals surface area contributed by atoms with Gasteiger partial charge in [0, 0.05) is 54.7 Å². The molecular weight excluding hydrogens is 629 g/mol. The number of hydrogen-bond donors (Lipinski definition) is 0. The van der Waals surface area contributed by atoms with Gasteiger partial charge in [-0.25, -0.2) is 15.0 Å². The van der Waals surface area contributed by atoms with Crippen LogP contribution < -0.4 is 0 Å². The van der Waals surface area contributed by atoms with Crippen LogP contribution in [-0.4, -0.2) is 19.5 Å². The second kappa shape index (κ2) is 10.7. The highest BCUT2D eigenvalue weighted by Gasteiger charge is 2.18. The number of aromatic nitrogens is 4. The highest BCUT2D eigenvalue weighted by atomic mass is 16.3. The summed E-state index contributed by atoms with van der Waals surface area (Å²) in [5.74, 6) is 1.26. The Morgan fingerprint density at radius 1 is 0.412 bits per heavy atom. The van der Waals surface area contributed by atoms with Crippen LogP contribution in [0.3, 0.4) is 0 Å². The van der Waals surface area contributed by atoms with Crippen molar-refractivity contribution in [1.29, 1.82) is 0 Å². The summed E-state index contributed by atoms with van der Waals surface area (Å²) in [4.78, 5) is 15.1. The average Bonchev–Trinajstić information content (AvgIpc) is 3.91. The minimum absolute atomic E-state index is 0.0645. The Morgan fingerprint density at radius 3 is 1.45 bits per heavy atom. The molecule has 4 heterocycles. The normalized spacial score (nSPS) is 13.3. The molecule has 0 aliphatic rings. The summed E-state index contributed by atoms with van der Waals surface area (Å²) in [6.45, 7) is 0. The molecule has 0 bridgehead atoms. The summed E-state index contributed by atoms with van der Waals surface area (Å²) in [6, 6.07) is 39.3. The van der Waals surface area contributed by atoms with Crippen LogP contribution in [0.5, 0.6) is 0 Å². The number of para-hydroxylation sites is 4. The monoisotopic (exact) mass is 659 g/mol. The van der Waals surface area contributed by atoms with Crippen LogP contribution in [0.15, 0.2) is 166 Å². The molecule has 0 N–H and O–H groups in total. The third kappa shape index (κ3) is 4.33. The highest BCUT2D eigenvalue weighted by Crippen LogP contribution is 2.37. The van der Waals surface area contributed by atoms with Crippen molar-refractivity contribution in [1.82, 2.24) is 19.5 Å². The molecular formula is C45H26N4O2. The Morgan fingerprint density at radius 2 is 0.863 bits per heavy atom. The van der Waals surface area contributed by atoms with Gasteiger partial charge in [-0.1, -0.05) is 97.0 Å². The number of hydrogen-bond acceptors (Lipinski definition) is 5. The molecule has 0 amide bonds. The third-order valence-corrected chi connectivity index (χ3v) is 9.55. The van der Waals surface area contributed by atoms with Gasteiger partial charge in [-0.3, -0.25) is 0 Å². The molecule has 0 saturated heterocycles. The van der Waals surface area contributed by atoms with Crippen molar-refractivity contribution in [3.8, 4) is 39.9 Å². The van der Waals surface area contributed by atoms with Crippen molar-refractivity contribution >= 4 is 65.7 Å². The van der Waals surface area contributed by atoms with Crippen molar-refractivity contribution < 1.29 is 15.7 Å². The molecule has 11 rings (SSSR count). The summed E-state index contributed by atoms with van der Waals surface area (Å²) in [5, 5.41) is 5.73. The highest BCUT2D eigenvalue weighted by molar-refractivity contribution is 6.10. The molecule has 238 valence electrons. The second-order valence-corrected chi connectivity index (χ2v) is 12.5. The summed E-state index contributed by atoms with van der Waals surface area (Å²) >= 11 is 0. The topological polar surface area (TPSA) is 69.9 Å². The molecule has 7 aromatic carbocycles. The standard InChI is InChI=1S/C45H26N4O2/c1-2-10-30(11-3-1)49-37-15-7-4-12-31(37)32-21-18-27(24-38(32)49)43-46-44(28-19-22-35-33-13-5-8-16-39(33)50-41(35)25-28)48-45(47-43)29-20-23-36-34-14-6-9-17-40(34)51-42(36)26-29/h1-26H/i1D,2D,3D,10D,11D. The molecule has 0 atom stereocenters. The first-order valence-corrected chi connectivity index (χ1v) is 16.5. The van der Waals surface area contributed by atoms with E-state index in [0.717, 1.165) is 54.6 Å². The van der Waals surface area contributed by atoms with Crippen molar-refractivity contribution in [2.24, 2.45) is 0 Å². The summed E-state index contributed by atoms with van der Waals surface area (Å²) in [5.41, 5.74) is 6.52. The third-order valence-electron chi connectivity index (χ3n) is 9.55. The lowest BCUT2D eigenvalue weighted by atomic mass is 10.1. The fourth-order valence-electron chi connectivity index (χ4n) is 7.20. The van der Waals surface area contributed by atoms with Crippen molar-refractivity contribution in [3.63, 3.8) is 0 Å². The number of fused-ring (bicyclic) bond motifs is 9. The molecule has 0 spiro atoms. The SMILES string of the molecule is [2H]c1c([2H])c([2H])c(-n2c3ccccc3c3ccc(-c4nc(-c5ccc6c(c5)oc5ccccc56)nc(-c5ccc6c(c5)oc5ccccc56)n4)cc32)c([2H])c1[2H]. The van der Waals surface area contributed by atoms with Gasteiger partial charge in [0.2, 0.25) is 0 Å². The Hall–Kier alpha value is -7.05. The lowest BCUT2D eigenvalue weighted by molar-refractivity contribution is 0.668. The van der Waals surface area contributed by atoms with Gasteiger partial charge >= 0.3 is 0 Å². The molecule has 0 aliphatic heterocycles. The van der Waals surface area contributed by atoms with E-state index >= 15 is 0 Å². The van der Waals surface area contributed by atoms with Crippen LogP contribution in [0, 0.1) is 0 Å². The molecule has 0 saturated carbocycles. The van der Waals surface area contributed by atoms with Crippen LogP contribution in [0.1, 0.15) is 6.85 Å². The molecule has 6 heteroatoms. The maximum Gasteiger partial charge on any atom is 0.164 e. The van der Waals surface area contributed by atoms with Crippen LogP contribution in [-0.2, 0) is 0 Å². The van der Waals surface area contributed by atoms with E-state index < -0.39 is 18.1 Å². The van der Waals surface area contributed by atoms with Gasteiger partial charge in [0.1, 0.15) is 22.3 Å². The number of benzene rings is 7. The summed E-state index contributed by atoms with van der Waals surface area (Å²) in [6.07, 6.45) is 0. The van der Waals surface area contributed by atoms with E-state index in [-0.39, 0.29) is 17.8 Å². The first-order chi connectivity index (χ1) is 27.3. The fourth-order valence-corrected chi connectivity index (χ4v) is 7.20. The van der Waals surface area contributed by atoms with Crippen LogP contribution in [0.4, 0.5) is 0 Å². The van der Waals surface area contributed by atoms with E-state index in [1.54, 1.807) is 4.57 Å². The Bertz CT molecular complexity index is 3300. The second-order valence-electron chi connectivity index (χ2n) is 12.5. The molecule has 4 aromatic heterocycles. The quantitative estimate of drug-likeness (QED) is 0.188. The average molecular weight is 660 g/mol. The molecule has 0 radical (unpaired) electrons. The van der Waals surface area contributed by atoms with Crippen molar-refractivity contribution in [2.45, 2.75) is 0 Å². The first-order valence-electron chi connectivity index (χ1n) is 19.0. The molecule has 0 fully saturated rings. The van der Waals surface area contributed by atoms with Gasteiger partial charge in [-0.2, -0.15) is 0 Å². The maximum absolute atomic E-state index is 8.87. The van der Waals surface area contributed by atoms with E-state index in [1.165, 1.54) is 0 Å². The largest absolute Gasteiger partial charge is 0.456 e. The zero-order valence-electron chi connectivity index (χ0n) is 31.7. The van der Waals surface area contributed by atoms with Gasteiger partial charge in [0.25, 0.3) is 0 Å². The van der Waals surface area contributed by atoms with Gasteiger partial charge in [0.15, 0.2) is 17.5 Å². The lowest BCUT2D eigenvalue weighted by Gasteiger charge is -2.10. The number of nitrogens with zero attached hydrogens (tertiary/aromatic N) is 4. The van der Waals surface area contributed by atoms with E-state index in [4.69, 9.17) is 30.6 Å². The van der Waals surface area contributed by atoms with Crippen LogP contribution in [0.2, 0.25) is 0 Å².